The molecule has 0 aliphatic rings. The van der Waals surface area contributed by atoms with Crippen LogP contribution in [0.1, 0.15) is 25.3 Å². The van der Waals surface area contributed by atoms with Crippen molar-refractivity contribution in [2.24, 2.45) is 0 Å². The van der Waals surface area contributed by atoms with Crippen LogP contribution >= 0.6 is 11.6 Å². The van der Waals surface area contributed by atoms with E-state index in [9.17, 15) is 18.0 Å². The first-order valence-electron chi connectivity index (χ1n) is 6.27. The number of halogens is 4. The minimum absolute atomic E-state index is 0.0118. The van der Waals surface area contributed by atoms with Crippen LogP contribution in [0.25, 0.3) is 11.0 Å². The lowest BCUT2D eigenvalue weighted by molar-refractivity contribution is -0.137. The maximum absolute atomic E-state index is 12.6. The minimum atomic E-state index is -4.48. The van der Waals surface area contributed by atoms with Crippen molar-refractivity contribution in [1.82, 2.24) is 9.55 Å². The highest BCUT2D eigenvalue weighted by Crippen LogP contribution is 2.32. The van der Waals surface area contributed by atoms with Gasteiger partial charge in [0.2, 0.25) is 5.28 Å². The van der Waals surface area contributed by atoms with E-state index in [4.69, 9.17) is 16.3 Å². The van der Waals surface area contributed by atoms with Crippen LogP contribution in [0.15, 0.2) is 18.2 Å². The zero-order valence-electron chi connectivity index (χ0n) is 11.1. The van der Waals surface area contributed by atoms with Crippen LogP contribution in [0.2, 0.25) is 5.28 Å². The average Bonchev–Trinajstić information content (AvgIpc) is 2.72. The molecule has 1 aromatic carbocycles. The number of hydrogen-bond acceptors (Lipinski definition) is 3. The Bertz CT molecular complexity index is 667. The highest BCUT2D eigenvalue weighted by Gasteiger charge is 2.31. The van der Waals surface area contributed by atoms with Crippen molar-refractivity contribution in [1.29, 1.82) is 0 Å². The molecule has 1 aromatic heterocycles. The molecule has 0 unspecified atom stereocenters. The van der Waals surface area contributed by atoms with Gasteiger partial charge in [-0.1, -0.05) is 13.3 Å². The fourth-order valence-corrected chi connectivity index (χ4v) is 2.02. The molecule has 0 fully saturated rings. The topological polar surface area (TPSA) is 44.1 Å². The molecule has 0 amide bonds. The molecule has 0 aliphatic carbocycles. The summed E-state index contributed by atoms with van der Waals surface area (Å²) in [6.07, 6.45) is -3.70. The van der Waals surface area contributed by atoms with Gasteiger partial charge in [-0.05, 0) is 36.2 Å². The van der Waals surface area contributed by atoms with Gasteiger partial charge in [-0.25, -0.2) is 14.3 Å². The van der Waals surface area contributed by atoms with E-state index in [1.807, 2.05) is 6.92 Å². The number of rotatable bonds is 3. The van der Waals surface area contributed by atoms with Crippen LogP contribution in [0.5, 0.6) is 0 Å². The SMILES string of the molecule is CCCCOC(=O)n1c(Cl)nc2cc(C(F)(F)F)ccc21. The molecule has 0 saturated heterocycles. The summed E-state index contributed by atoms with van der Waals surface area (Å²) >= 11 is 5.81. The zero-order chi connectivity index (χ0) is 15.6. The zero-order valence-corrected chi connectivity index (χ0v) is 11.8. The summed E-state index contributed by atoms with van der Waals surface area (Å²) in [5, 5.41) is -0.231. The van der Waals surface area contributed by atoms with E-state index in [1.165, 1.54) is 0 Å². The predicted molar refractivity (Wildman–Crippen MR) is 71.4 cm³/mol. The first kappa shape index (κ1) is 15.6. The van der Waals surface area contributed by atoms with Crippen LogP contribution in [-0.2, 0) is 10.9 Å². The fourth-order valence-electron chi connectivity index (χ4n) is 1.77. The number of hydrogen-bond donors (Lipinski definition) is 0. The number of carbonyl (C=O) groups excluding carboxylic acids is 1. The third-order valence-electron chi connectivity index (χ3n) is 2.85. The fraction of sp³-hybridized carbons (Fsp3) is 0.385. The van der Waals surface area contributed by atoms with Gasteiger partial charge in [0.25, 0.3) is 0 Å². The molecule has 1 heterocycles. The predicted octanol–water partition coefficient (Wildman–Crippen LogP) is 4.49. The lowest BCUT2D eigenvalue weighted by atomic mass is 10.2. The van der Waals surface area contributed by atoms with E-state index in [2.05, 4.69) is 4.98 Å². The van der Waals surface area contributed by atoms with Crippen LogP contribution < -0.4 is 0 Å². The van der Waals surface area contributed by atoms with Crippen molar-refractivity contribution in [3.8, 4) is 0 Å². The van der Waals surface area contributed by atoms with Crippen molar-refractivity contribution in [2.75, 3.05) is 6.61 Å². The number of alkyl halides is 3. The smallest absolute Gasteiger partial charge is 0.420 e. The monoisotopic (exact) mass is 320 g/mol. The normalized spacial score (nSPS) is 11.9. The molecular weight excluding hydrogens is 309 g/mol. The Morgan fingerprint density at radius 1 is 1.43 bits per heavy atom. The second-order valence-electron chi connectivity index (χ2n) is 4.39. The molecule has 0 N–H and O–H groups in total. The Morgan fingerprint density at radius 3 is 2.76 bits per heavy atom. The van der Waals surface area contributed by atoms with Crippen molar-refractivity contribution >= 4 is 28.7 Å². The number of nitrogens with zero attached hydrogens (tertiary/aromatic N) is 2. The Morgan fingerprint density at radius 2 is 2.14 bits per heavy atom. The number of ether oxygens (including phenoxy) is 1. The Kier molecular flexibility index (Phi) is 4.41. The number of aromatic nitrogens is 2. The van der Waals surface area contributed by atoms with E-state index >= 15 is 0 Å². The standard InChI is InChI=1S/C13H12ClF3N2O2/c1-2-3-6-21-12(20)19-10-5-4-8(13(15,16)17)7-9(10)18-11(19)14/h4-5,7H,2-3,6H2,1H3. The van der Waals surface area contributed by atoms with Gasteiger partial charge in [0, 0.05) is 0 Å². The summed E-state index contributed by atoms with van der Waals surface area (Å²) in [5.74, 6) is 0. The van der Waals surface area contributed by atoms with E-state index < -0.39 is 17.8 Å². The van der Waals surface area contributed by atoms with Crippen molar-refractivity contribution in [3.63, 3.8) is 0 Å². The summed E-state index contributed by atoms with van der Waals surface area (Å²) in [5.41, 5.74) is -0.688. The molecule has 0 bridgehead atoms. The Balaban J connectivity index is 2.37. The third-order valence-corrected chi connectivity index (χ3v) is 3.10. The molecular formula is C13H12ClF3N2O2. The Hall–Kier alpha value is -1.76. The van der Waals surface area contributed by atoms with Gasteiger partial charge >= 0.3 is 12.3 Å². The molecule has 0 aliphatic heterocycles. The molecule has 0 radical (unpaired) electrons. The molecule has 0 spiro atoms. The second kappa shape index (κ2) is 5.93. The number of benzene rings is 1. The van der Waals surface area contributed by atoms with E-state index in [0.717, 1.165) is 29.2 Å². The number of carbonyl (C=O) groups is 1. The van der Waals surface area contributed by atoms with Crippen LogP contribution in [0.3, 0.4) is 0 Å². The number of fused-ring (bicyclic) bond motifs is 1. The van der Waals surface area contributed by atoms with Crippen LogP contribution in [-0.4, -0.2) is 22.3 Å². The highest BCUT2D eigenvalue weighted by molar-refractivity contribution is 6.30. The van der Waals surface area contributed by atoms with E-state index in [1.54, 1.807) is 0 Å². The second-order valence-corrected chi connectivity index (χ2v) is 4.72. The maximum Gasteiger partial charge on any atom is 0.420 e. The van der Waals surface area contributed by atoms with Crippen LogP contribution in [0.4, 0.5) is 18.0 Å². The molecule has 2 aromatic rings. The summed E-state index contributed by atoms with van der Waals surface area (Å²) in [4.78, 5) is 15.7. The van der Waals surface area contributed by atoms with Crippen molar-refractivity contribution < 1.29 is 22.7 Å². The van der Waals surface area contributed by atoms with Gasteiger partial charge in [-0.3, -0.25) is 0 Å². The molecule has 8 heteroatoms. The summed E-state index contributed by atoms with van der Waals surface area (Å²) in [7, 11) is 0. The van der Waals surface area contributed by atoms with Gasteiger partial charge < -0.3 is 4.74 Å². The number of unbranched alkanes of at least 4 members (excludes halogenated alkanes) is 1. The first-order chi connectivity index (χ1) is 9.84. The van der Waals surface area contributed by atoms with Gasteiger partial charge in [0.15, 0.2) is 0 Å². The molecule has 21 heavy (non-hydrogen) atoms. The van der Waals surface area contributed by atoms with Crippen molar-refractivity contribution in [2.45, 2.75) is 25.9 Å². The van der Waals surface area contributed by atoms with Crippen molar-refractivity contribution in [3.05, 3.63) is 29.0 Å². The van der Waals surface area contributed by atoms with E-state index in [0.29, 0.717) is 6.42 Å². The van der Waals surface area contributed by atoms with Gasteiger partial charge in [-0.2, -0.15) is 13.2 Å². The molecule has 0 saturated carbocycles. The lowest BCUT2D eigenvalue weighted by Crippen LogP contribution is -2.14. The van der Waals surface area contributed by atoms with Gasteiger partial charge in [-0.15, -0.1) is 0 Å². The lowest BCUT2D eigenvalue weighted by Gasteiger charge is -2.07. The summed E-state index contributed by atoms with van der Waals surface area (Å²) in [6, 6.07) is 2.87. The summed E-state index contributed by atoms with van der Waals surface area (Å²) in [6.45, 7) is 2.15. The largest absolute Gasteiger partial charge is 0.449 e. The molecule has 114 valence electrons. The highest BCUT2D eigenvalue weighted by atomic mass is 35.5. The average molecular weight is 321 g/mol. The Labute approximate surface area is 123 Å². The number of imidazole rings is 1. The third kappa shape index (κ3) is 3.29. The maximum atomic E-state index is 12.6. The minimum Gasteiger partial charge on any atom is -0.449 e. The van der Waals surface area contributed by atoms with Gasteiger partial charge in [0.1, 0.15) is 0 Å². The molecule has 0 atom stereocenters. The summed E-state index contributed by atoms with van der Waals surface area (Å²) < 4.78 is 43.8. The molecule has 2 rings (SSSR count). The van der Waals surface area contributed by atoms with E-state index in [-0.39, 0.29) is 22.9 Å². The first-order valence-corrected chi connectivity index (χ1v) is 6.64. The van der Waals surface area contributed by atoms with Crippen LogP contribution in [0, 0.1) is 0 Å². The van der Waals surface area contributed by atoms with Gasteiger partial charge in [0.05, 0.1) is 23.2 Å². The molecule has 4 nitrogen and oxygen atoms in total. The quantitative estimate of drug-likeness (QED) is 0.782.